The van der Waals surface area contributed by atoms with Gasteiger partial charge >= 0.3 is 6.09 Å². The number of fused-ring (bicyclic) bond motifs is 1. The Labute approximate surface area is 207 Å². The lowest BCUT2D eigenvalue weighted by molar-refractivity contribution is 0.0377. The number of carbonyl (C=O) groups is 1. The molecule has 2 aromatic carbocycles. The Kier molecular flexibility index (Phi) is 5.99. The van der Waals surface area contributed by atoms with Gasteiger partial charge in [-0.3, -0.25) is 0 Å². The van der Waals surface area contributed by atoms with E-state index in [1.807, 2.05) is 33.1 Å². The van der Waals surface area contributed by atoms with Crippen molar-refractivity contribution in [3.63, 3.8) is 0 Å². The number of benzene rings is 2. The van der Waals surface area contributed by atoms with E-state index < -0.39 is 5.60 Å². The van der Waals surface area contributed by atoms with Gasteiger partial charge in [-0.15, -0.1) is 0 Å². The van der Waals surface area contributed by atoms with Crippen molar-refractivity contribution in [3.05, 3.63) is 83.1 Å². The molecule has 0 spiro atoms. The number of aliphatic imine (C=N–C) groups is 2. The van der Waals surface area contributed by atoms with Gasteiger partial charge in [0.05, 0.1) is 11.6 Å². The van der Waals surface area contributed by atoms with E-state index in [1.54, 1.807) is 0 Å². The average Bonchev–Trinajstić information content (AvgIpc) is 3.19. The summed E-state index contributed by atoms with van der Waals surface area (Å²) in [6.07, 6.45) is 7.59. The Morgan fingerprint density at radius 1 is 1.09 bits per heavy atom. The fourth-order valence-electron chi connectivity index (χ4n) is 5.08. The van der Waals surface area contributed by atoms with Crippen molar-refractivity contribution >= 4 is 18.3 Å². The molecule has 0 saturated heterocycles. The summed E-state index contributed by atoms with van der Waals surface area (Å²) in [5.74, 6) is 0.757. The number of hydrogen-bond donors (Lipinski definition) is 1. The first kappa shape index (κ1) is 23.3. The molecule has 35 heavy (non-hydrogen) atoms. The monoisotopic (exact) mass is 470 g/mol. The Bertz CT molecular complexity index is 1170. The van der Waals surface area contributed by atoms with E-state index in [-0.39, 0.29) is 23.7 Å². The number of carbonyl (C=O) groups excluding carboxylic acids is 1. The highest BCUT2D eigenvalue weighted by molar-refractivity contribution is 5.98. The largest absolute Gasteiger partial charge is 0.444 e. The van der Waals surface area contributed by atoms with Crippen LogP contribution in [0.2, 0.25) is 0 Å². The van der Waals surface area contributed by atoms with E-state index in [0.717, 1.165) is 42.8 Å². The lowest BCUT2D eigenvalue weighted by Gasteiger charge is -2.43. The van der Waals surface area contributed by atoms with Crippen LogP contribution in [0.15, 0.2) is 76.4 Å². The third kappa shape index (κ3) is 4.62. The van der Waals surface area contributed by atoms with Crippen LogP contribution in [0, 0.1) is 0 Å². The lowest BCUT2D eigenvalue weighted by Crippen LogP contribution is -2.52. The second kappa shape index (κ2) is 8.99. The van der Waals surface area contributed by atoms with Crippen molar-refractivity contribution in [2.75, 3.05) is 0 Å². The van der Waals surface area contributed by atoms with Crippen LogP contribution in [0.4, 0.5) is 4.79 Å². The molecule has 2 aromatic rings. The van der Waals surface area contributed by atoms with Crippen LogP contribution >= 0.6 is 0 Å². The highest BCUT2D eigenvalue weighted by Gasteiger charge is 2.42. The van der Waals surface area contributed by atoms with E-state index in [0.29, 0.717) is 0 Å². The molecule has 1 N–H and O–H groups in total. The summed E-state index contributed by atoms with van der Waals surface area (Å²) in [4.78, 5) is 24.4. The molecule has 3 aliphatic rings. The summed E-state index contributed by atoms with van der Waals surface area (Å²) in [7, 11) is 0. The number of nitrogens with one attached hydrogen (secondary N) is 1. The van der Waals surface area contributed by atoms with Gasteiger partial charge in [0, 0.05) is 12.4 Å². The normalized spacial score (nSPS) is 22.6. The number of rotatable bonds is 5. The van der Waals surface area contributed by atoms with Gasteiger partial charge in [0.1, 0.15) is 11.6 Å². The first-order chi connectivity index (χ1) is 16.8. The highest BCUT2D eigenvalue weighted by Crippen LogP contribution is 2.45. The third-order valence-electron chi connectivity index (χ3n) is 7.04. The molecule has 2 heterocycles. The Hall–Kier alpha value is -3.41. The van der Waals surface area contributed by atoms with Crippen molar-refractivity contribution in [1.82, 2.24) is 10.2 Å². The molecule has 2 atom stereocenters. The first-order valence-electron chi connectivity index (χ1n) is 12.6. The topological polar surface area (TPSA) is 66.3 Å². The standard InChI is InChI=1S/C29H34N4O2/c1-5-20-18-30-26-31-24(25(33(26)19-20)22-10-7-6-8-11-22)21-12-14-23(15-13-21)29(16-9-17-29)32-27(34)35-28(2,3)4/h6-8,10-15,18-19,24-25H,5,9,16-17H2,1-4H3,(H,32,34). The second-order valence-corrected chi connectivity index (χ2v) is 10.6. The molecule has 1 fully saturated rings. The van der Waals surface area contributed by atoms with Gasteiger partial charge in [0.15, 0.2) is 0 Å². The van der Waals surface area contributed by atoms with E-state index >= 15 is 0 Å². The Balaban J connectivity index is 1.43. The number of amides is 1. The van der Waals surface area contributed by atoms with Gasteiger partial charge in [0.2, 0.25) is 5.96 Å². The molecule has 182 valence electrons. The van der Waals surface area contributed by atoms with Gasteiger partial charge in [-0.25, -0.2) is 14.8 Å². The Morgan fingerprint density at radius 2 is 1.80 bits per heavy atom. The molecule has 6 nitrogen and oxygen atoms in total. The number of allylic oxidation sites excluding steroid dienone is 1. The van der Waals surface area contributed by atoms with Crippen molar-refractivity contribution in [2.45, 2.75) is 76.6 Å². The SMILES string of the molecule is CCC1=CN2C(=NC(c3ccc(C4(NC(=O)OC(C)(C)C)CCC4)cc3)C2c2ccccc2)N=C1. The molecule has 1 amide bonds. The number of hydrogen-bond acceptors (Lipinski definition) is 5. The maximum absolute atomic E-state index is 12.5. The number of ether oxygens (including phenoxy) is 1. The number of guanidine groups is 1. The maximum Gasteiger partial charge on any atom is 0.408 e. The molecule has 2 unspecified atom stereocenters. The van der Waals surface area contributed by atoms with Crippen LogP contribution in [0.25, 0.3) is 0 Å². The third-order valence-corrected chi connectivity index (χ3v) is 7.04. The summed E-state index contributed by atoms with van der Waals surface area (Å²) in [5, 5.41) is 3.15. The maximum atomic E-state index is 12.5. The Morgan fingerprint density at radius 3 is 2.40 bits per heavy atom. The minimum atomic E-state index is -0.520. The van der Waals surface area contributed by atoms with Crippen LogP contribution in [-0.2, 0) is 10.3 Å². The average molecular weight is 471 g/mol. The molecular formula is C29H34N4O2. The summed E-state index contributed by atoms with van der Waals surface area (Å²) in [6.45, 7) is 7.80. The molecule has 5 rings (SSSR count). The van der Waals surface area contributed by atoms with Crippen LogP contribution in [0.3, 0.4) is 0 Å². The number of nitrogens with zero attached hydrogens (tertiary/aromatic N) is 3. The lowest BCUT2D eigenvalue weighted by atomic mass is 9.71. The fraction of sp³-hybridized carbons (Fsp3) is 0.414. The van der Waals surface area contributed by atoms with E-state index in [4.69, 9.17) is 9.73 Å². The van der Waals surface area contributed by atoms with Gasteiger partial charge in [-0.1, -0.05) is 61.5 Å². The van der Waals surface area contributed by atoms with Gasteiger partial charge < -0.3 is 15.0 Å². The molecule has 0 radical (unpaired) electrons. The summed E-state index contributed by atoms with van der Waals surface area (Å²) in [5.41, 5.74) is 3.78. The molecule has 0 aromatic heterocycles. The smallest absolute Gasteiger partial charge is 0.408 e. The summed E-state index contributed by atoms with van der Waals surface area (Å²) >= 11 is 0. The predicted molar refractivity (Wildman–Crippen MR) is 139 cm³/mol. The number of alkyl carbamates (subject to hydrolysis) is 1. The first-order valence-corrected chi connectivity index (χ1v) is 12.6. The van der Waals surface area contributed by atoms with Crippen LogP contribution in [0.5, 0.6) is 0 Å². The van der Waals surface area contributed by atoms with E-state index in [9.17, 15) is 4.79 Å². The molecule has 1 aliphatic carbocycles. The van der Waals surface area contributed by atoms with Crippen molar-refractivity contribution in [3.8, 4) is 0 Å². The zero-order valence-corrected chi connectivity index (χ0v) is 21.0. The molecule has 2 aliphatic heterocycles. The molecule has 6 heteroatoms. The molecule has 1 saturated carbocycles. The van der Waals surface area contributed by atoms with Gasteiger partial charge in [-0.05, 0) is 68.7 Å². The quantitative estimate of drug-likeness (QED) is 0.548. The van der Waals surface area contributed by atoms with Crippen molar-refractivity contribution in [2.24, 2.45) is 9.98 Å². The zero-order valence-electron chi connectivity index (χ0n) is 21.0. The molecule has 0 bridgehead atoms. The summed E-state index contributed by atoms with van der Waals surface area (Å²) < 4.78 is 5.54. The van der Waals surface area contributed by atoms with Gasteiger partial charge in [-0.2, -0.15) is 0 Å². The zero-order chi connectivity index (χ0) is 24.6. The molecular weight excluding hydrogens is 436 g/mol. The fourth-order valence-corrected chi connectivity index (χ4v) is 5.08. The predicted octanol–water partition coefficient (Wildman–Crippen LogP) is 6.42. The van der Waals surface area contributed by atoms with Crippen LogP contribution in [0.1, 0.15) is 82.2 Å². The van der Waals surface area contributed by atoms with E-state index in [2.05, 4.69) is 76.9 Å². The van der Waals surface area contributed by atoms with Crippen molar-refractivity contribution < 1.29 is 9.53 Å². The van der Waals surface area contributed by atoms with Crippen LogP contribution in [-0.4, -0.2) is 28.8 Å². The van der Waals surface area contributed by atoms with E-state index in [1.165, 1.54) is 11.1 Å². The van der Waals surface area contributed by atoms with Crippen molar-refractivity contribution in [1.29, 1.82) is 0 Å². The highest BCUT2D eigenvalue weighted by atomic mass is 16.6. The minimum absolute atomic E-state index is 0.0496. The van der Waals surface area contributed by atoms with Crippen LogP contribution < -0.4 is 5.32 Å². The second-order valence-electron chi connectivity index (χ2n) is 10.6. The summed E-state index contributed by atoms with van der Waals surface area (Å²) in [6, 6.07) is 19.1. The van der Waals surface area contributed by atoms with Gasteiger partial charge in [0.25, 0.3) is 0 Å². The minimum Gasteiger partial charge on any atom is -0.444 e.